The van der Waals surface area contributed by atoms with Crippen molar-refractivity contribution in [3.63, 3.8) is 0 Å². The van der Waals surface area contributed by atoms with Gasteiger partial charge in [-0.15, -0.1) is 0 Å². The molecule has 0 bridgehead atoms. The van der Waals surface area contributed by atoms with E-state index in [1.54, 1.807) is 0 Å². The van der Waals surface area contributed by atoms with Crippen molar-refractivity contribution in [3.05, 3.63) is 29.7 Å². The zero-order chi connectivity index (χ0) is 11.7. The first-order chi connectivity index (χ1) is 8.31. The molecule has 3 rings (SSSR count). The Balaban J connectivity index is 1.80. The Bertz CT molecular complexity index is 511. The maximum absolute atomic E-state index is 4.56. The third-order valence-electron chi connectivity index (χ3n) is 3.36. The van der Waals surface area contributed by atoms with Gasteiger partial charge < -0.3 is 5.32 Å². The first kappa shape index (κ1) is 10.7. The predicted octanol–water partition coefficient (Wildman–Crippen LogP) is 1.72. The first-order valence-corrected chi connectivity index (χ1v) is 6.36. The van der Waals surface area contributed by atoms with Crippen molar-refractivity contribution >= 4 is 5.65 Å². The summed E-state index contributed by atoms with van der Waals surface area (Å²) in [7, 11) is 0. The number of piperidine rings is 1. The van der Waals surface area contributed by atoms with Gasteiger partial charge in [-0.05, 0) is 37.9 Å². The van der Waals surface area contributed by atoms with Crippen molar-refractivity contribution in [1.82, 2.24) is 19.9 Å². The molecule has 1 fully saturated rings. The Morgan fingerprint density at radius 3 is 3.18 bits per heavy atom. The predicted molar refractivity (Wildman–Crippen MR) is 67.1 cm³/mol. The molecule has 2 aromatic heterocycles. The lowest BCUT2D eigenvalue weighted by molar-refractivity contribution is 0.394. The molecule has 1 atom stereocenters. The van der Waals surface area contributed by atoms with Gasteiger partial charge in [0.15, 0.2) is 11.5 Å². The van der Waals surface area contributed by atoms with Crippen LogP contribution in [0.1, 0.15) is 30.7 Å². The number of aromatic nitrogens is 3. The molecule has 17 heavy (non-hydrogen) atoms. The Labute approximate surface area is 101 Å². The molecule has 4 heteroatoms. The molecule has 0 amide bonds. The van der Waals surface area contributed by atoms with Crippen LogP contribution in [-0.4, -0.2) is 27.2 Å². The smallest absolute Gasteiger partial charge is 0.155 e. The van der Waals surface area contributed by atoms with E-state index in [-0.39, 0.29) is 0 Å². The average molecular weight is 230 g/mol. The van der Waals surface area contributed by atoms with Crippen molar-refractivity contribution in [2.24, 2.45) is 0 Å². The summed E-state index contributed by atoms with van der Waals surface area (Å²) in [6.07, 6.45) is 6.84. The van der Waals surface area contributed by atoms with Crippen LogP contribution < -0.4 is 5.32 Å². The summed E-state index contributed by atoms with van der Waals surface area (Å²) >= 11 is 0. The van der Waals surface area contributed by atoms with E-state index in [1.807, 2.05) is 16.8 Å². The van der Waals surface area contributed by atoms with Gasteiger partial charge in [0.1, 0.15) is 0 Å². The second kappa shape index (κ2) is 4.45. The fourth-order valence-electron chi connectivity index (χ4n) is 2.44. The lowest BCUT2D eigenvalue weighted by Gasteiger charge is -2.21. The van der Waals surface area contributed by atoms with Crippen molar-refractivity contribution in [2.45, 2.75) is 38.6 Å². The van der Waals surface area contributed by atoms with E-state index in [2.05, 4.69) is 28.4 Å². The molecular formula is C13H18N4. The minimum absolute atomic E-state index is 0.558. The zero-order valence-electron chi connectivity index (χ0n) is 10.2. The monoisotopic (exact) mass is 230 g/mol. The minimum Gasteiger partial charge on any atom is -0.314 e. The van der Waals surface area contributed by atoms with Crippen LogP contribution in [0.3, 0.4) is 0 Å². The molecule has 1 aliphatic heterocycles. The molecule has 0 aromatic carbocycles. The highest BCUT2D eigenvalue weighted by atomic mass is 15.3. The maximum atomic E-state index is 4.56. The van der Waals surface area contributed by atoms with Gasteiger partial charge in [0, 0.05) is 18.7 Å². The fraction of sp³-hybridized carbons (Fsp3) is 0.538. The van der Waals surface area contributed by atoms with Gasteiger partial charge in [0.05, 0.1) is 0 Å². The van der Waals surface area contributed by atoms with E-state index in [9.17, 15) is 0 Å². The fourth-order valence-corrected chi connectivity index (χ4v) is 2.44. The second-order valence-electron chi connectivity index (χ2n) is 4.89. The standard InChI is InChI=1S/C13H18N4/c1-10-5-6-13-15-12(16-17(13)9-10)8-11-4-2-3-7-14-11/h5-6,9,11,14H,2-4,7-8H2,1H3. The lowest BCUT2D eigenvalue weighted by atomic mass is 10.0. The molecule has 1 saturated heterocycles. The van der Waals surface area contributed by atoms with Crippen molar-refractivity contribution in [3.8, 4) is 0 Å². The van der Waals surface area contributed by atoms with Crippen LogP contribution in [0.5, 0.6) is 0 Å². The molecule has 0 radical (unpaired) electrons. The number of fused-ring (bicyclic) bond motifs is 1. The molecule has 0 saturated carbocycles. The second-order valence-corrected chi connectivity index (χ2v) is 4.89. The van der Waals surface area contributed by atoms with Gasteiger partial charge in [-0.25, -0.2) is 9.50 Å². The Morgan fingerprint density at radius 2 is 2.35 bits per heavy atom. The van der Waals surface area contributed by atoms with E-state index in [0.29, 0.717) is 6.04 Å². The van der Waals surface area contributed by atoms with Gasteiger partial charge in [-0.2, -0.15) is 5.10 Å². The highest BCUT2D eigenvalue weighted by Gasteiger charge is 2.15. The molecule has 90 valence electrons. The summed E-state index contributed by atoms with van der Waals surface area (Å²) in [5.74, 6) is 0.954. The van der Waals surface area contributed by atoms with Crippen molar-refractivity contribution in [1.29, 1.82) is 0 Å². The number of rotatable bonds is 2. The number of pyridine rings is 1. The third-order valence-corrected chi connectivity index (χ3v) is 3.36. The number of nitrogens with one attached hydrogen (secondary N) is 1. The zero-order valence-corrected chi connectivity index (χ0v) is 10.2. The minimum atomic E-state index is 0.558. The third kappa shape index (κ3) is 2.31. The van der Waals surface area contributed by atoms with Crippen LogP contribution in [0, 0.1) is 6.92 Å². The molecule has 0 aliphatic carbocycles. The molecule has 1 aliphatic rings. The van der Waals surface area contributed by atoms with E-state index in [4.69, 9.17) is 0 Å². The van der Waals surface area contributed by atoms with Gasteiger partial charge in [-0.3, -0.25) is 0 Å². The van der Waals surface area contributed by atoms with Gasteiger partial charge in [-0.1, -0.05) is 12.5 Å². The van der Waals surface area contributed by atoms with Crippen molar-refractivity contribution in [2.75, 3.05) is 6.54 Å². The number of hydrogen-bond acceptors (Lipinski definition) is 3. The van der Waals surface area contributed by atoms with Crippen LogP contribution >= 0.6 is 0 Å². The lowest BCUT2D eigenvalue weighted by Crippen LogP contribution is -2.35. The summed E-state index contributed by atoms with van der Waals surface area (Å²) in [4.78, 5) is 4.56. The van der Waals surface area contributed by atoms with Crippen LogP contribution in [0.2, 0.25) is 0 Å². The van der Waals surface area contributed by atoms with Crippen LogP contribution in [0.15, 0.2) is 18.3 Å². The quantitative estimate of drug-likeness (QED) is 0.854. The summed E-state index contributed by atoms with van der Waals surface area (Å²) in [5.41, 5.74) is 2.16. The largest absolute Gasteiger partial charge is 0.314 e. The van der Waals surface area contributed by atoms with Gasteiger partial charge >= 0.3 is 0 Å². The summed E-state index contributed by atoms with van der Waals surface area (Å²) < 4.78 is 1.88. The van der Waals surface area contributed by atoms with Crippen LogP contribution in [-0.2, 0) is 6.42 Å². The summed E-state index contributed by atoms with van der Waals surface area (Å²) in [6, 6.07) is 4.66. The van der Waals surface area contributed by atoms with Gasteiger partial charge in [0.25, 0.3) is 0 Å². The molecule has 4 nitrogen and oxygen atoms in total. The number of hydrogen-bond donors (Lipinski definition) is 1. The molecule has 1 unspecified atom stereocenters. The molecule has 1 N–H and O–H groups in total. The van der Waals surface area contributed by atoms with E-state index >= 15 is 0 Å². The molecule has 0 spiro atoms. The summed E-state index contributed by atoms with van der Waals surface area (Å²) in [6.45, 7) is 3.21. The topological polar surface area (TPSA) is 42.2 Å². The normalized spacial score (nSPS) is 20.9. The van der Waals surface area contributed by atoms with E-state index in [0.717, 1.165) is 24.4 Å². The summed E-state index contributed by atoms with van der Waals surface area (Å²) in [5, 5.41) is 8.07. The molecule has 2 aromatic rings. The Morgan fingerprint density at radius 1 is 1.41 bits per heavy atom. The highest BCUT2D eigenvalue weighted by molar-refractivity contribution is 5.38. The number of nitrogens with zero attached hydrogens (tertiary/aromatic N) is 3. The van der Waals surface area contributed by atoms with E-state index in [1.165, 1.54) is 24.8 Å². The Hall–Kier alpha value is -1.42. The number of aryl methyl sites for hydroxylation is 1. The van der Waals surface area contributed by atoms with Crippen LogP contribution in [0.25, 0.3) is 5.65 Å². The molecular weight excluding hydrogens is 212 g/mol. The van der Waals surface area contributed by atoms with Crippen molar-refractivity contribution < 1.29 is 0 Å². The highest BCUT2D eigenvalue weighted by Crippen LogP contribution is 2.12. The van der Waals surface area contributed by atoms with Crippen LogP contribution in [0.4, 0.5) is 0 Å². The van der Waals surface area contributed by atoms with Gasteiger partial charge in [0.2, 0.25) is 0 Å². The molecule has 3 heterocycles. The Kier molecular flexibility index (Phi) is 2.81. The SMILES string of the molecule is Cc1ccc2nc(CC3CCCCN3)nn2c1. The first-order valence-electron chi connectivity index (χ1n) is 6.36. The van der Waals surface area contributed by atoms with E-state index < -0.39 is 0 Å². The maximum Gasteiger partial charge on any atom is 0.155 e. The average Bonchev–Trinajstić information content (AvgIpc) is 2.71.